The molecule has 4 nitrogen and oxygen atoms in total. The van der Waals surface area contributed by atoms with E-state index < -0.39 is 11.6 Å². The van der Waals surface area contributed by atoms with Crippen LogP contribution in [0.1, 0.15) is 41.4 Å². The van der Waals surface area contributed by atoms with E-state index in [2.05, 4.69) is 15.0 Å². The van der Waals surface area contributed by atoms with E-state index in [-0.39, 0.29) is 11.7 Å². The SMILES string of the molecule is CN=Cc1cnc(C2CC2)nc1C.Cc1c(F)cccc1F.N. The highest BCUT2D eigenvalue weighted by atomic mass is 19.1. The molecule has 1 heterocycles. The van der Waals surface area contributed by atoms with Gasteiger partial charge in [-0.05, 0) is 38.8 Å². The topological polar surface area (TPSA) is 73.1 Å². The van der Waals surface area contributed by atoms with Gasteiger partial charge in [0, 0.05) is 42.2 Å². The molecule has 3 N–H and O–H groups in total. The monoisotopic (exact) mass is 320 g/mol. The molecule has 3 rings (SSSR count). The van der Waals surface area contributed by atoms with Crippen molar-refractivity contribution in [2.45, 2.75) is 32.6 Å². The maximum atomic E-state index is 12.3. The summed E-state index contributed by atoms with van der Waals surface area (Å²) in [5.41, 5.74) is 2.13. The van der Waals surface area contributed by atoms with Crippen molar-refractivity contribution in [1.82, 2.24) is 16.1 Å². The summed E-state index contributed by atoms with van der Waals surface area (Å²) in [4.78, 5) is 12.7. The molecule has 1 aliphatic rings. The third kappa shape index (κ3) is 5.17. The van der Waals surface area contributed by atoms with E-state index in [1.807, 2.05) is 13.1 Å². The minimum absolute atomic E-state index is 0. The smallest absolute Gasteiger partial charge is 0.131 e. The minimum Gasteiger partial charge on any atom is -0.344 e. The van der Waals surface area contributed by atoms with Crippen LogP contribution >= 0.6 is 0 Å². The van der Waals surface area contributed by atoms with Crippen molar-refractivity contribution in [2.75, 3.05) is 7.05 Å². The van der Waals surface area contributed by atoms with Crippen molar-refractivity contribution >= 4 is 6.21 Å². The Morgan fingerprint density at radius 3 is 2.22 bits per heavy atom. The second-order valence-corrected chi connectivity index (χ2v) is 5.28. The molecule has 0 bridgehead atoms. The van der Waals surface area contributed by atoms with Crippen molar-refractivity contribution in [3.8, 4) is 0 Å². The van der Waals surface area contributed by atoms with Crippen LogP contribution < -0.4 is 6.15 Å². The van der Waals surface area contributed by atoms with Gasteiger partial charge in [0.05, 0.1) is 0 Å². The molecule has 1 saturated carbocycles. The van der Waals surface area contributed by atoms with Crippen molar-refractivity contribution in [2.24, 2.45) is 4.99 Å². The van der Waals surface area contributed by atoms with Gasteiger partial charge < -0.3 is 6.15 Å². The third-order valence-corrected chi connectivity index (χ3v) is 3.45. The van der Waals surface area contributed by atoms with Crippen LogP contribution in [0.15, 0.2) is 29.4 Å². The van der Waals surface area contributed by atoms with Crippen LogP contribution in [0.2, 0.25) is 0 Å². The maximum Gasteiger partial charge on any atom is 0.131 e. The molecule has 0 atom stereocenters. The van der Waals surface area contributed by atoms with Gasteiger partial charge in [-0.15, -0.1) is 0 Å². The molecule has 0 radical (unpaired) electrons. The zero-order valence-electron chi connectivity index (χ0n) is 13.7. The fourth-order valence-electron chi connectivity index (χ4n) is 1.88. The second-order valence-electron chi connectivity index (χ2n) is 5.28. The van der Waals surface area contributed by atoms with Crippen LogP contribution in [0.3, 0.4) is 0 Å². The van der Waals surface area contributed by atoms with Gasteiger partial charge in [0.2, 0.25) is 0 Å². The highest BCUT2D eigenvalue weighted by Gasteiger charge is 2.26. The fourth-order valence-corrected chi connectivity index (χ4v) is 1.88. The van der Waals surface area contributed by atoms with Gasteiger partial charge in [-0.1, -0.05) is 6.07 Å². The number of nitrogens with zero attached hydrogens (tertiary/aromatic N) is 3. The van der Waals surface area contributed by atoms with Crippen LogP contribution in [0.5, 0.6) is 0 Å². The number of aryl methyl sites for hydroxylation is 1. The predicted octanol–water partition coefficient (Wildman–Crippen LogP) is 4.15. The average Bonchev–Trinajstić information content (AvgIpc) is 3.32. The lowest BCUT2D eigenvalue weighted by Crippen LogP contribution is -1.99. The molecular formula is C17H22F2N4. The number of hydrogen-bond acceptors (Lipinski definition) is 4. The highest BCUT2D eigenvalue weighted by molar-refractivity contribution is 5.80. The number of rotatable bonds is 2. The number of benzene rings is 1. The molecule has 0 saturated heterocycles. The molecule has 2 aromatic rings. The lowest BCUT2D eigenvalue weighted by Gasteiger charge is -2.00. The van der Waals surface area contributed by atoms with Crippen LogP contribution in [-0.2, 0) is 0 Å². The molecule has 1 aromatic carbocycles. The number of aromatic nitrogens is 2. The summed E-state index contributed by atoms with van der Waals surface area (Å²) in [6.07, 6.45) is 6.16. The largest absolute Gasteiger partial charge is 0.344 e. The Labute approximate surface area is 135 Å². The van der Waals surface area contributed by atoms with Crippen molar-refractivity contribution in [3.63, 3.8) is 0 Å². The molecule has 0 aliphatic heterocycles. The first-order valence-corrected chi connectivity index (χ1v) is 7.19. The van der Waals surface area contributed by atoms with E-state index in [9.17, 15) is 8.78 Å². The standard InChI is InChI=1S/C10H13N3.C7H6F2.H3N/c1-7-9(5-11-2)6-12-10(13-7)8-3-4-8;1-5-6(8)3-2-4-7(5)9;/h5-6,8H,3-4H2,1-2H3;2-4H,1H3;1H3. The van der Waals surface area contributed by atoms with Gasteiger partial charge in [-0.25, -0.2) is 18.7 Å². The zero-order chi connectivity index (χ0) is 16.1. The summed E-state index contributed by atoms with van der Waals surface area (Å²) < 4.78 is 24.7. The van der Waals surface area contributed by atoms with E-state index in [1.165, 1.54) is 38.0 Å². The van der Waals surface area contributed by atoms with Gasteiger partial charge in [0.25, 0.3) is 0 Å². The van der Waals surface area contributed by atoms with Crippen LogP contribution in [0, 0.1) is 25.5 Å². The van der Waals surface area contributed by atoms with Gasteiger partial charge in [-0.3, -0.25) is 4.99 Å². The zero-order valence-corrected chi connectivity index (χ0v) is 13.7. The van der Waals surface area contributed by atoms with Crippen LogP contribution in [0.25, 0.3) is 0 Å². The lowest BCUT2D eigenvalue weighted by molar-refractivity contribution is 0.568. The van der Waals surface area contributed by atoms with Gasteiger partial charge in [0.1, 0.15) is 17.5 Å². The Morgan fingerprint density at radius 1 is 1.17 bits per heavy atom. The molecule has 0 spiro atoms. The summed E-state index contributed by atoms with van der Waals surface area (Å²) in [5, 5.41) is 0. The quantitative estimate of drug-likeness (QED) is 0.845. The Kier molecular flexibility index (Phi) is 6.90. The first-order chi connectivity index (χ1) is 10.5. The van der Waals surface area contributed by atoms with Crippen molar-refractivity contribution in [3.05, 3.63) is 58.7 Å². The summed E-state index contributed by atoms with van der Waals surface area (Å²) in [6.45, 7) is 3.41. The van der Waals surface area contributed by atoms with E-state index in [0.717, 1.165) is 17.1 Å². The highest BCUT2D eigenvalue weighted by Crippen LogP contribution is 2.37. The molecule has 6 heteroatoms. The molecule has 124 valence electrons. The number of aliphatic imine (C=N–C) groups is 1. The normalized spacial score (nSPS) is 13.3. The predicted molar refractivity (Wildman–Crippen MR) is 88.4 cm³/mol. The van der Waals surface area contributed by atoms with Crippen LogP contribution in [-0.4, -0.2) is 23.2 Å². The Balaban J connectivity index is 0.000000235. The Hall–Kier alpha value is -2.21. The summed E-state index contributed by atoms with van der Waals surface area (Å²) in [7, 11) is 1.76. The molecule has 0 amide bonds. The van der Waals surface area contributed by atoms with Gasteiger partial charge in [-0.2, -0.15) is 0 Å². The molecular weight excluding hydrogens is 298 g/mol. The molecule has 1 aromatic heterocycles. The number of hydrogen-bond donors (Lipinski definition) is 1. The number of halogens is 2. The average molecular weight is 320 g/mol. The van der Waals surface area contributed by atoms with Crippen LogP contribution in [0.4, 0.5) is 8.78 Å². The van der Waals surface area contributed by atoms with Gasteiger partial charge >= 0.3 is 0 Å². The van der Waals surface area contributed by atoms with Gasteiger partial charge in [0.15, 0.2) is 0 Å². The lowest BCUT2D eigenvalue weighted by atomic mass is 10.2. The fraction of sp³-hybridized carbons (Fsp3) is 0.353. The Bertz CT molecular complexity index is 662. The third-order valence-electron chi connectivity index (χ3n) is 3.45. The second kappa shape index (κ2) is 8.43. The summed E-state index contributed by atoms with van der Waals surface area (Å²) in [5.74, 6) is 0.655. The van der Waals surface area contributed by atoms with Crippen molar-refractivity contribution < 1.29 is 8.78 Å². The molecule has 1 fully saturated rings. The van der Waals surface area contributed by atoms with E-state index in [4.69, 9.17) is 0 Å². The van der Waals surface area contributed by atoms with E-state index in [0.29, 0.717) is 5.92 Å². The minimum atomic E-state index is -0.491. The van der Waals surface area contributed by atoms with Crippen molar-refractivity contribution in [1.29, 1.82) is 0 Å². The maximum absolute atomic E-state index is 12.3. The first-order valence-electron chi connectivity index (χ1n) is 7.19. The van der Waals surface area contributed by atoms with E-state index in [1.54, 1.807) is 13.3 Å². The molecule has 23 heavy (non-hydrogen) atoms. The van der Waals surface area contributed by atoms with E-state index >= 15 is 0 Å². The Morgan fingerprint density at radius 2 is 1.78 bits per heavy atom. The molecule has 1 aliphatic carbocycles. The summed E-state index contributed by atoms with van der Waals surface area (Å²) in [6, 6.07) is 3.81. The first kappa shape index (κ1) is 18.8. The summed E-state index contributed by atoms with van der Waals surface area (Å²) >= 11 is 0. The molecule has 0 unspecified atom stereocenters.